The summed E-state index contributed by atoms with van der Waals surface area (Å²) in [5, 5.41) is 2.78. The maximum Gasteiger partial charge on any atom is 0.306 e. The van der Waals surface area contributed by atoms with Gasteiger partial charge in [-0.3, -0.25) is 14.6 Å². The van der Waals surface area contributed by atoms with Crippen molar-refractivity contribution in [2.45, 2.75) is 69.7 Å². The molecule has 2 amide bonds. The lowest BCUT2D eigenvalue weighted by molar-refractivity contribution is -0.153. The van der Waals surface area contributed by atoms with Crippen LogP contribution in [-0.4, -0.2) is 34.6 Å². The highest BCUT2D eigenvalue weighted by Crippen LogP contribution is 2.45. The van der Waals surface area contributed by atoms with E-state index in [9.17, 15) is 22.8 Å². The van der Waals surface area contributed by atoms with Gasteiger partial charge in [-0.15, -0.1) is 0 Å². The number of ether oxygens (including phenoxy) is 1. The second-order valence-electron chi connectivity index (χ2n) is 8.06. The third-order valence-electron chi connectivity index (χ3n) is 5.26. The minimum absolute atomic E-state index is 0.0269. The molecule has 154 valence electrons. The van der Waals surface area contributed by atoms with Crippen molar-refractivity contribution in [2.75, 3.05) is 0 Å². The van der Waals surface area contributed by atoms with Crippen molar-refractivity contribution in [1.82, 2.24) is 10.3 Å². The predicted octanol–water partition coefficient (Wildman–Crippen LogP) is 3.06. The lowest BCUT2D eigenvalue weighted by Crippen LogP contribution is -2.50. The monoisotopic (exact) mass is 399 g/mol. The van der Waals surface area contributed by atoms with Gasteiger partial charge < -0.3 is 15.8 Å². The molecule has 0 radical (unpaired) electrons. The van der Waals surface area contributed by atoms with Crippen LogP contribution in [0.2, 0.25) is 0 Å². The maximum absolute atomic E-state index is 14.1. The number of carbonyl (C=O) groups excluding carboxylic acids is 2. The van der Waals surface area contributed by atoms with Gasteiger partial charge in [-0.05, 0) is 44.4 Å². The van der Waals surface area contributed by atoms with E-state index < -0.39 is 29.6 Å². The summed E-state index contributed by atoms with van der Waals surface area (Å²) in [7, 11) is 0. The third kappa shape index (κ3) is 4.56. The van der Waals surface area contributed by atoms with Gasteiger partial charge >= 0.3 is 12.3 Å². The molecule has 28 heavy (non-hydrogen) atoms. The molecule has 1 unspecified atom stereocenters. The molecule has 6 nitrogen and oxygen atoms in total. The van der Waals surface area contributed by atoms with Gasteiger partial charge in [0.25, 0.3) is 5.91 Å². The fourth-order valence-electron chi connectivity index (χ4n) is 3.32. The summed E-state index contributed by atoms with van der Waals surface area (Å²) in [6.45, 7) is 2.38. The largest absolute Gasteiger partial charge is 0.452 e. The third-order valence-corrected chi connectivity index (χ3v) is 5.26. The molecule has 0 bridgehead atoms. The van der Waals surface area contributed by atoms with E-state index in [1.165, 1.54) is 12.3 Å². The number of carbonyl (C=O) groups is 2. The lowest BCUT2D eigenvalue weighted by atomic mass is 9.91. The molecule has 0 spiro atoms. The zero-order chi connectivity index (χ0) is 20.7. The van der Waals surface area contributed by atoms with E-state index in [1.807, 2.05) is 0 Å². The fourth-order valence-corrected chi connectivity index (χ4v) is 3.32. The average molecular weight is 399 g/mol. The number of halogens is 3. The molecule has 1 aromatic rings. The molecule has 1 heterocycles. The summed E-state index contributed by atoms with van der Waals surface area (Å²) in [4.78, 5) is 28.2. The van der Waals surface area contributed by atoms with Crippen LogP contribution in [-0.2, 0) is 4.79 Å². The first kappa shape index (κ1) is 20.4. The molecule has 9 heteroatoms. The molecule has 2 atom stereocenters. The van der Waals surface area contributed by atoms with E-state index in [4.69, 9.17) is 10.5 Å². The summed E-state index contributed by atoms with van der Waals surface area (Å²) in [6, 6.07) is 1.18. The van der Waals surface area contributed by atoms with Crippen LogP contribution in [0.4, 0.5) is 13.2 Å². The zero-order valence-electron chi connectivity index (χ0n) is 15.8. The Bertz CT molecular complexity index is 779. The highest BCUT2D eigenvalue weighted by molar-refractivity contribution is 5.93. The molecule has 2 saturated carbocycles. The van der Waals surface area contributed by atoms with Crippen molar-refractivity contribution in [1.29, 1.82) is 0 Å². The van der Waals surface area contributed by atoms with E-state index in [0.717, 1.165) is 25.7 Å². The number of alkyl halides is 3. The molecular formula is C19H24F3N3O3. The molecule has 2 aliphatic carbocycles. The second-order valence-corrected chi connectivity index (χ2v) is 8.06. The highest BCUT2D eigenvalue weighted by atomic mass is 19.3. The summed E-state index contributed by atoms with van der Waals surface area (Å²) in [5.41, 5.74) is 4.89. The molecule has 0 saturated heterocycles. The Morgan fingerprint density at radius 3 is 2.46 bits per heavy atom. The number of hydrogen-bond donors (Lipinski definition) is 2. The highest BCUT2D eigenvalue weighted by Gasteiger charge is 2.44. The van der Waals surface area contributed by atoms with Crippen molar-refractivity contribution >= 4 is 11.8 Å². The molecule has 0 aliphatic heterocycles. The minimum atomic E-state index is -3.35. The Morgan fingerprint density at radius 2 is 1.96 bits per heavy atom. The van der Waals surface area contributed by atoms with Crippen molar-refractivity contribution in [3.05, 3.63) is 23.5 Å². The Hall–Kier alpha value is -2.32. The van der Waals surface area contributed by atoms with Gasteiger partial charge in [-0.1, -0.05) is 0 Å². The normalized spacial score (nSPS) is 20.9. The van der Waals surface area contributed by atoms with E-state index in [2.05, 4.69) is 10.3 Å². The molecule has 3 rings (SSSR count). The smallest absolute Gasteiger partial charge is 0.306 e. The zero-order valence-corrected chi connectivity index (χ0v) is 15.8. The number of pyridine rings is 1. The first-order valence-corrected chi connectivity index (χ1v) is 9.28. The van der Waals surface area contributed by atoms with Crippen molar-refractivity contribution < 1.29 is 27.5 Å². The average Bonchev–Trinajstić information content (AvgIpc) is 3.46. The van der Waals surface area contributed by atoms with Crippen molar-refractivity contribution in [3.8, 4) is 5.75 Å². The Balaban J connectivity index is 1.84. The standard InChI is InChI=1S/C19H24F3N3O3/c1-18(8-15(23)26,11-5-6-11)25-16(27)13-7-14(28-19(2,22)17(20)21)12(9-24-13)10-3-4-10/h7,9-11,17H,3-6,8H2,1-2H3,(H2,23,26)(H,25,27)/t18?,19-/m1/s1. The van der Waals surface area contributed by atoms with Crippen LogP contribution < -0.4 is 15.8 Å². The molecule has 3 N–H and O–H groups in total. The quantitative estimate of drug-likeness (QED) is 0.667. The van der Waals surface area contributed by atoms with Crippen LogP contribution >= 0.6 is 0 Å². The van der Waals surface area contributed by atoms with Gasteiger partial charge in [0.1, 0.15) is 11.4 Å². The molecule has 0 aromatic carbocycles. The molecule has 2 aliphatic rings. The van der Waals surface area contributed by atoms with E-state index >= 15 is 0 Å². The predicted molar refractivity (Wildman–Crippen MR) is 94.8 cm³/mol. The minimum Gasteiger partial charge on any atom is -0.452 e. The number of hydrogen-bond acceptors (Lipinski definition) is 4. The first-order valence-electron chi connectivity index (χ1n) is 9.28. The molecule has 2 fully saturated rings. The van der Waals surface area contributed by atoms with Crippen LogP contribution in [0, 0.1) is 5.92 Å². The summed E-state index contributed by atoms with van der Waals surface area (Å²) >= 11 is 0. The number of rotatable bonds is 9. The number of nitrogens with zero attached hydrogens (tertiary/aromatic N) is 1. The number of primary amides is 1. The van der Waals surface area contributed by atoms with Crippen molar-refractivity contribution in [3.63, 3.8) is 0 Å². The first-order chi connectivity index (χ1) is 13.0. The van der Waals surface area contributed by atoms with Crippen LogP contribution in [0.3, 0.4) is 0 Å². The number of amides is 2. The second kappa shape index (κ2) is 7.25. The Labute approximate surface area is 161 Å². The van der Waals surface area contributed by atoms with E-state index in [1.54, 1.807) is 6.92 Å². The van der Waals surface area contributed by atoms with Gasteiger partial charge in [0.2, 0.25) is 5.91 Å². The fraction of sp³-hybridized carbons (Fsp3) is 0.632. The van der Waals surface area contributed by atoms with Gasteiger partial charge in [-0.25, -0.2) is 8.78 Å². The van der Waals surface area contributed by atoms with Crippen LogP contribution in [0.25, 0.3) is 0 Å². The number of nitrogens with two attached hydrogens (primary N) is 1. The van der Waals surface area contributed by atoms with Gasteiger partial charge in [0.05, 0.1) is 0 Å². The van der Waals surface area contributed by atoms with E-state index in [-0.39, 0.29) is 29.7 Å². The lowest BCUT2D eigenvalue weighted by Gasteiger charge is -2.30. The summed E-state index contributed by atoms with van der Waals surface area (Å²) in [5.74, 6) is -4.26. The Morgan fingerprint density at radius 1 is 1.32 bits per heavy atom. The van der Waals surface area contributed by atoms with Gasteiger partial charge in [-0.2, -0.15) is 4.39 Å². The van der Waals surface area contributed by atoms with Crippen LogP contribution in [0.5, 0.6) is 5.75 Å². The topological polar surface area (TPSA) is 94.3 Å². The van der Waals surface area contributed by atoms with Crippen LogP contribution in [0.15, 0.2) is 12.3 Å². The summed E-state index contributed by atoms with van der Waals surface area (Å²) < 4.78 is 44.8. The SMILES string of the molecule is CC(CC(N)=O)(NC(=O)c1cc(O[C@@](C)(F)C(F)F)c(C2CC2)cn1)C1CC1. The number of aromatic nitrogens is 1. The molecular weight excluding hydrogens is 375 g/mol. The number of nitrogens with one attached hydrogen (secondary N) is 1. The van der Waals surface area contributed by atoms with E-state index in [0.29, 0.717) is 12.5 Å². The Kier molecular flexibility index (Phi) is 5.29. The van der Waals surface area contributed by atoms with Crippen molar-refractivity contribution in [2.24, 2.45) is 11.7 Å². The summed E-state index contributed by atoms with van der Waals surface area (Å²) in [6.07, 6.45) is 1.35. The maximum atomic E-state index is 14.1. The van der Waals surface area contributed by atoms with Gasteiger partial charge in [0, 0.05) is 36.7 Å². The molecule has 1 aromatic heterocycles. The van der Waals surface area contributed by atoms with Gasteiger partial charge in [0.15, 0.2) is 0 Å². The van der Waals surface area contributed by atoms with Crippen LogP contribution in [0.1, 0.15) is 67.9 Å².